The summed E-state index contributed by atoms with van der Waals surface area (Å²) in [6.07, 6.45) is 10.3. The van der Waals surface area contributed by atoms with Crippen molar-refractivity contribution in [2.45, 2.75) is 64.5 Å². The molecule has 2 aliphatic rings. The van der Waals surface area contributed by atoms with Gasteiger partial charge in [0.2, 0.25) is 5.91 Å². The third-order valence-corrected chi connectivity index (χ3v) is 6.11. The van der Waals surface area contributed by atoms with Crippen molar-refractivity contribution in [3.63, 3.8) is 0 Å². The van der Waals surface area contributed by atoms with E-state index in [1.54, 1.807) is 6.33 Å². The molecule has 1 aromatic heterocycles. The fraction of sp³-hybridized carbons (Fsp3) is 0.522. The number of benzene rings is 1. The number of amides is 1. The van der Waals surface area contributed by atoms with Crippen LogP contribution < -0.4 is 5.32 Å². The Hall–Kier alpha value is -2.34. The van der Waals surface area contributed by atoms with Gasteiger partial charge in [-0.1, -0.05) is 37.8 Å². The maximum absolute atomic E-state index is 13.1. The van der Waals surface area contributed by atoms with Gasteiger partial charge in [0.1, 0.15) is 18.0 Å². The molecule has 2 heterocycles. The highest BCUT2D eigenvalue weighted by Gasteiger charge is 2.23. The van der Waals surface area contributed by atoms with Crippen LogP contribution in [0.2, 0.25) is 0 Å². The molecule has 0 atom stereocenters. The summed E-state index contributed by atoms with van der Waals surface area (Å²) in [6.45, 7) is 2.33. The van der Waals surface area contributed by atoms with Crippen molar-refractivity contribution >= 4 is 11.7 Å². The van der Waals surface area contributed by atoms with Crippen LogP contribution in [0.3, 0.4) is 0 Å². The van der Waals surface area contributed by atoms with Gasteiger partial charge in [0.15, 0.2) is 0 Å². The monoisotopic (exact) mass is 396 g/mol. The van der Waals surface area contributed by atoms with Crippen molar-refractivity contribution in [1.82, 2.24) is 14.9 Å². The van der Waals surface area contributed by atoms with Gasteiger partial charge in [-0.15, -0.1) is 0 Å². The van der Waals surface area contributed by atoms with Crippen LogP contribution in [0.15, 0.2) is 30.6 Å². The summed E-state index contributed by atoms with van der Waals surface area (Å²) in [7, 11) is 0. The number of aromatic nitrogens is 2. The van der Waals surface area contributed by atoms with Crippen LogP contribution in [-0.4, -0.2) is 27.3 Å². The van der Waals surface area contributed by atoms with E-state index >= 15 is 0 Å². The van der Waals surface area contributed by atoms with Gasteiger partial charge in [0.05, 0.1) is 5.69 Å². The number of halogens is 1. The Labute approximate surface area is 171 Å². The molecule has 4 rings (SSSR count). The van der Waals surface area contributed by atoms with Crippen molar-refractivity contribution < 1.29 is 9.18 Å². The summed E-state index contributed by atoms with van der Waals surface area (Å²) in [4.78, 5) is 23.7. The fourth-order valence-electron chi connectivity index (χ4n) is 4.51. The number of fused-ring (bicyclic) bond motifs is 1. The summed E-state index contributed by atoms with van der Waals surface area (Å²) >= 11 is 0. The highest BCUT2D eigenvalue weighted by atomic mass is 19.1. The summed E-state index contributed by atoms with van der Waals surface area (Å²) in [5.41, 5.74) is 3.11. The third kappa shape index (κ3) is 5.38. The van der Waals surface area contributed by atoms with Gasteiger partial charge in [0.25, 0.3) is 0 Å². The minimum absolute atomic E-state index is 0.0755. The molecular formula is C23H29FN4O. The van der Waals surface area contributed by atoms with Crippen LogP contribution in [0.4, 0.5) is 10.2 Å². The third-order valence-electron chi connectivity index (χ3n) is 6.11. The lowest BCUT2D eigenvalue weighted by Gasteiger charge is -2.28. The quantitative estimate of drug-likeness (QED) is 0.758. The molecule has 0 bridgehead atoms. The number of carbonyl (C=O) groups excluding carboxylic acids is 1. The molecule has 0 spiro atoms. The largest absolute Gasteiger partial charge is 0.310 e. The van der Waals surface area contributed by atoms with Crippen molar-refractivity contribution in [2.24, 2.45) is 5.92 Å². The first-order chi connectivity index (χ1) is 14.2. The van der Waals surface area contributed by atoms with Gasteiger partial charge in [-0.25, -0.2) is 14.4 Å². The number of carbonyl (C=O) groups is 1. The molecule has 0 radical (unpaired) electrons. The zero-order valence-corrected chi connectivity index (χ0v) is 16.9. The number of nitrogens with zero attached hydrogens (tertiary/aromatic N) is 3. The molecule has 1 aliphatic carbocycles. The molecule has 1 saturated carbocycles. The predicted octanol–water partition coefficient (Wildman–Crippen LogP) is 4.47. The lowest BCUT2D eigenvalue weighted by Crippen LogP contribution is -2.32. The molecular weight excluding hydrogens is 367 g/mol. The van der Waals surface area contributed by atoms with Crippen LogP contribution in [0, 0.1) is 11.7 Å². The van der Waals surface area contributed by atoms with Crippen molar-refractivity contribution in [3.05, 3.63) is 53.2 Å². The first-order valence-electron chi connectivity index (χ1n) is 10.8. The standard InChI is InChI=1S/C23H29FN4O/c24-19-9-7-18(8-10-19)14-28-12-11-20-21(15-28)25-16-26-23(20)27-22(29)13-17-5-3-1-2-4-6-17/h7-10,16-17H,1-6,11-15H2,(H,25,26,27,29). The minimum atomic E-state index is -0.213. The van der Waals surface area contributed by atoms with E-state index in [0.29, 0.717) is 24.7 Å². The second-order valence-corrected chi connectivity index (χ2v) is 8.34. The molecule has 29 heavy (non-hydrogen) atoms. The topological polar surface area (TPSA) is 58.1 Å². The number of nitrogens with one attached hydrogen (secondary N) is 1. The van der Waals surface area contributed by atoms with Gasteiger partial charge in [-0.2, -0.15) is 0 Å². The molecule has 0 unspecified atom stereocenters. The summed E-state index contributed by atoms with van der Waals surface area (Å²) in [6, 6.07) is 6.64. The van der Waals surface area contributed by atoms with Crippen LogP contribution in [0.5, 0.6) is 0 Å². The zero-order chi connectivity index (χ0) is 20.1. The lowest BCUT2D eigenvalue weighted by molar-refractivity contribution is -0.117. The Morgan fingerprint density at radius 2 is 1.86 bits per heavy atom. The van der Waals surface area contributed by atoms with Crippen LogP contribution in [0.25, 0.3) is 0 Å². The van der Waals surface area contributed by atoms with Crippen LogP contribution in [-0.2, 0) is 24.3 Å². The molecule has 1 N–H and O–H groups in total. The molecule has 154 valence electrons. The van der Waals surface area contributed by atoms with E-state index in [1.807, 2.05) is 12.1 Å². The highest BCUT2D eigenvalue weighted by molar-refractivity contribution is 5.90. The fourth-order valence-corrected chi connectivity index (χ4v) is 4.51. The molecule has 1 fully saturated rings. The van der Waals surface area contributed by atoms with Gasteiger partial charge >= 0.3 is 0 Å². The average molecular weight is 397 g/mol. The van der Waals surface area contributed by atoms with E-state index < -0.39 is 0 Å². The molecule has 5 nitrogen and oxygen atoms in total. The lowest BCUT2D eigenvalue weighted by atomic mass is 9.96. The van der Waals surface area contributed by atoms with Crippen molar-refractivity contribution in [1.29, 1.82) is 0 Å². The Balaban J connectivity index is 1.37. The maximum Gasteiger partial charge on any atom is 0.225 e. The number of anilines is 1. The highest BCUT2D eigenvalue weighted by Crippen LogP contribution is 2.27. The van der Waals surface area contributed by atoms with E-state index in [4.69, 9.17) is 0 Å². The molecule has 6 heteroatoms. The molecule has 1 aromatic carbocycles. The van der Waals surface area contributed by atoms with Crippen LogP contribution in [0.1, 0.15) is 61.8 Å². The van der Waals surface area contributed by atoms with Gasteiger partial charge in [-0.3, -0.25) is 9.69 Å². The van der Waals surface area contributed by atoms with Gasteiger partial charge in [0, 0.05) is 31.6 Å². The molecule has 1 aliphatic heterocycles. The van der Waals surface area contributed by atoms with Crippen molar-refractivity contribution in [2.75, 3.05) is 11.9 Å². The second kappa shape index (κ2) is 9.44. The Morgan fingerprint density at radius 1 is 1.10 bits per heavy atom. The zero-order valence-electron chi connectivity index (χ0n) is 16.9. The Morgan fingerprint density at radius 3 is 2.62 bits per heavy atom. The van der Waals surface area contributed by atoms with Gasteiger partial charge in [-0.05, 0) is 42.9 Å². The first-order valence-corrected chi connectivity index (χ1v) is 10.8. The van der Waals surface area contributed by atoms with Crippen molar-refractivity contribution in [3.8, 4) is 0 Å². The van der Waals surface area contributed by atoms with E-state index in [-0.39, 0.29) is 11.7 Å². The van der Waals surface area contributed by atoms with E-state index in [2.05, 4.69) is 20.2 Å². The Bertz CT molecular complexity index is 831. The van der Waals surface area contributed by atoms with Gasteiger partial charge < -0.3 is 5.32 Å². The number of hydrogen-bond acceptors (Lipinski definition) is 4. The smallest absolute Gasteiger partial charge is 0.225 e. The predicted molar refractivity (Wildman–Crippen MR) is 111 cm³/mol. The summed E-state index contributed by atoms with van der Waals surface area (Å²) in [5, 5.41) is 3.06. The normalized spacial score (nSPS) is 18.1. The average Bonchev–Trinajstić information content (AvgIpc) is 2.98. The summed E-state index contributed by atoms with van der Waals surface area (Å²) < 4.78 is 13.1. The van der Waals surface area contributed by atoms with E-state index in [9.17, 15) is 9.18 Å². The van der Waals surface area contributed by atoms with E-state index in [0.717, 1.165) is 49.2 Å². The van der Waals surface area contributed by atoms with E-state index in [1.165, 1.54) is 37.8 Å². The molecule has 0 saturated heterocycles. The number of hydrogen-bond donors (Lipinski definition) is 1. The van der Waals surface area contributed by atoms with Crippen LogP contribution >= 0.6 is 0 Å². The maximum atomic E-state index is 13.1. The molecule has 1 amide bonds. The SMILES string of the molecule is O=C(CC1CCCCCC1)Nc1ncnc2c1CCN(Cc1ccc(F)cc1)C2. The Kier molecular flexibility index (Phi) is 6.49. The first kappa shape index (κ1) is 20.0. The molecule has 2 aromatic rings. The summed E-state index contributed by atoms with van der Waals surface area (Å²) in [5.74, 6) is 1.04. The second-order valence-electron chi connectivity index (χ2n) is 8.34. The number of rotatable bonds is 5. The minimum Gasteiger partial charge on any atom is -0.310 e.